The molecule has 0 aliphatic heterocycles. The fraction of sp³-hybridized carbons (Fsp3) is 0.263. The summed E-state index contributed by atoms with van der Waals surface area (Å²) in [6.07, 6.45) is 1.90. The Morgan fingerprint density at radius 3 is 1.81 bits per heavy atom. The summed E-state index contributed by atoms with van der Waals surface area (Å²) in [7, 11) is -0.952. The van der Waals surface area contributed by atoms with Crippen LogP contribution in [0.15, 0.2) is 66.1 Å². The fourth-order valence-electron chi connectivity index (χ4n) is 1.51. The van der Waals surface area contributed by atoms with Crippen LogP contribution in [0.3, 0.4) is 0 Å². The van der Waals surface area contributed by atoms with Crippen molar-refractivity contribution in [3.63, 3.8) is 0 Å². The molecule has 0 saturated carbocycles. The average molecular weight is 302 g/mol. The van der Waals surface area contributed by atoms with Gasteiger partial charge in [-0.2, -0.15) is 0 Å². The number of hydrogen-bond acceptors (Lipinski definition) is 1. The summed E-state index contributed by atoms with van der Waals surface area (Å²) in [6.45, 7) is 8.00. The zero-order valence-corrected chi connectivity index (χ0v) is 14.3. The van der Waals surface area contributed by atoms with E-state index in [-0.39, 0.29) is 0 Å². The molecule has 0 aliphatic carbocycles. The van der Waals surface area contributed by atoms with Gasteiger partial charge in [0, 0.05) is 5.41 Å². The van der Waals surface area contributed by atoms with Gasteiger partial charge in [0.25, 0.3) is 0 Å². The van der Waals surface area contributed by atoms with Gasteiger partial charge in [0.1, 0.15) is 0 Å². The predicted molar refractivity (Wildman–Crippen MR) is 96.5 cm³/mol. The molecule has 2 heteroatoms. The van der Waals surface area contributed by atoms with Crippen molar-refractivity contribution in [1.82, 2.24) is 0 Å². The van der Waals surface area contributed by atoms with Crippen LogP contribution in [0.5, 0.6) is 0 Å². The standard InChI is InChI=1S/C15H14OS.2C2H6/c16-17(13-15-9-5-2-6-10-15)12-11-14-7-3-1-4-8-14;2*1-2/h1-12H,13H2;2*1-2H3/b12-11+;;. The van der Waals surface area contributed by atoms with E-state index < -0.39 is 10.8 Å². The van der Waals surface area contributed by atoms with E-state index in [1.807, 2.05) is 94.4 Å². The first kappa shape index (κ1) is 19.3. The summed E-state index contributed by atoms with van der Waals surface area (Å²) in [5.41, 5.74) is 2.18. The van der Waals surface area contributed by atoms with Gasteiger partial charge in [0.2, 0.25) is 0 Å². The molecule has 0 spiro atoms. The molecule has 114 valence electrons. The van der Waals surface area contributed by atoms with E-state index in [0.29, 0.717) is 5.75 Å². The van der Waals surface area contributed by atoms with E-state index in [1.165, 1.54) is 0 Å². The van der Waals surface area contributed by atoms with Crippen molar-refractivity contribution in [2.45, 2.75) is 33.4 Å². The SMILES string of the molecule is CC.CC.O=S(/C=C/c1ccccc1)Cc1ccccc1. The normalized spacial score (nSPS) is 10.9. The smallest absolute Gasteiger partial charge is 0.0526 e. The molecular formula is C19H26OS. The molecule has 0 amide bonds. The molecule has 0 radical (unpaired) electrons. The zero-order chi connectivity index (χ0) is 15.9. The third kappa shape index (κ3) is 8.98. The largest absolute Gasteiger partial charge is 0.255 e. The van der Waals surface area contributed by atoms with Gasteiger partial charge < -0.3 is 0 Å². The molecule has 0 saturated heterocycles. The molecule has 0 N–H and O–H groups in total. The first-order valence-electron chi connectivity index (χ1n) is 7.49. The molecule has 2 aromatic rings. The van der Waals surface area contributed by atoms with Crippen LogP contribution in [0.4, 0.5) is 0 Å². The third-order valence-electron chi connectivity index (χ3n) is 2.36. The van der Waals surface area contributed by atoms with Crippen LogP contribution in [-0.2, 0) is 16.6 Å². The van der Waals surface area contributed by atoms with Gasteiger partial charge in [0.15, 0.2) is 0 Å². The maximum absolute atomic E-state index is 11.8. The van der Waals surface area contributed by atoms with Gasteiger partial charge in [-0.15, -0.1) is 0 Å². The summed E-state index contributed by atoms with van der Waals surface area (Å²) < 4.78 is 11.8. The molecule has 0 aliphatic rings. The molecule has 21 heavy (non-hydrogen) atoms. The van der Waals surface area contributed by atoms with Crippen molar-refractivity contribution in [3.8, 4) is 0 Å². The van der Waals surface area contributed by atoms with E-state index in [1.54, 1.807) is 5.41 Å². The summed E-state index contributed by atoms with van der Waals surface area (Å²) in [5, 5.41) is 1.75. The number of hydrogen-bond donors (Lipinski definition) is 0. The van der Waals surface area contributed by atoms with Gasteiger partial charge in [0.05, 0.1) is 16.6 Å². The molecule has 0 heterocycles. The molecule has 1 unspecified atom stereocenters. The third-order valence-corrected chi connectivity index (χ3v) is 3.42. The average Bonchev–Trinajstić information content (AvgIpc) is 2.58. The van der Waals surface area contributed by atoms with Crippen molar-refractivity contribution in [2.75, 3.05) is 0 Å². The van der Waals surface area contributed by atoms with Crippen molar-refractivity contribution in [3.05, 3.63) is 77.2 Å². The van der Waals surface area contributed by atoms with Gasteiger partial charge >= 0.3 is 0 Å². The number of benzene rings is 2. The maximum Gasteiger partial charge on any atom is 0.0526 e. The Morgan fingerprint density at radius 1 is 0.810 bits per heavy atom. The van der Waals surface area contributed by atoms with Crippen LogP contribution in [0, 0.1) is 0 Å². The second-order valence-electron chi connectivity index (χ2n) is 3.72. The van der Waals surface area contributed by atoms with Crippen molar-refractivity contribution < 1.29 is 4.21 Å². The molecule has 0 bridgehead atoms. The Bertz CT molecular complexity index is 504. The fourth-order valence-corrected chi connectivity index (χ4v) is 2.43. The van der Waals surface area contributed by atoms with Crippen LogP contribution < -0.4 is 0 Å². The predicted octanol–water partition coefficient (Wildman–Crippen LogP) is 5.66. The van der Waals surface area contributed by atoms with Crippen molar-refractivity contribution in [1.29, 1.82) is 0 Å². The summed E-state index contributed by atoms with van der Waals surface area (Å²) in [6, 6.07) is 19.8. The van der Waals surface area contributed by atoms with Crippen LogP contribution in [0.25, 0.3) is 6.08 Å². The highest BCUT2D eigenvalue weighted by molar-refractivity contribution is 7.87. The van der Waals surface area contributed by atoms with Crippen LogP contribution >= 0.6 is 0 Å². The second kappa shape index (κ2) is 13.3. The summed E-state index contributed by atoms with van der Waals surface area (Å²) in [5.74, 6) is 0.574. The highest BCUT2D eigenvalue weighted by Gasteiger charge is 1.96. The second-order valence-corrected chi connectivity index (χ2v) is 5.05. The molecular weight excluding hydrogens is 276 g/mol. The molecule has 0 fully saturated rings. The Balaban J connectivity index is 0.000000921. The molecule has 0 aromatic heterocycles. The summed E-state index contributed by atoms with van der Waals surface area (Å²) >= 11 is 0. The Hall–Kier alpha value is -1.67. The Labute approximate surface area is 132 Å². The lowest BCUT2D eigenvalue weighted by atomic mass is 10.2. The Morgan fingerprint density at radius 2 is 1.29 bits per heavy atom. The quantitative estimate of drug-likeness (QED) is 0.712. The highest BCUT2D eigenvalue weighted by atomic mass is 32.2. The Kier molecular flexibility index (Phi) is 12.3. The molecule has 2 rings (SSSR count). The van der Waals surface area contributed by atoms with Crippen LogP contribution in [-0.4, -0.2) is 4.21 Å². The minimum Gasteiger partial charge on any atom is -0.255 e. The van der Waals surface area contributed by atoms with E-state index in [9.17, 15) is 4.21 Å². The van der Waals surface area contributed by atoms with E-state index >= 15 is 0 Å². The molecule has 1 nitrogen and oxygen atoms in total. The minimum absolute atomic E-state index is 0.574. The van der Waals surface area contributed by atoms with E-state index in [0.717, 1.165) is 11.1 Å². The monoisotopic (exact) mass is 302 g/mol. The molecule has 2 aromatic carbocycles. The molecule has 1 atom stereocenters. The van der Waals surface area contributed by atoms with E-state index in [2.05, 4.69) is 0 Å². The van der Waals surface area contributed by atoms with Crippen LogP contribution in [0.1, 0.15) is 38.8 Å². The lowest BCUT2D eigenvalue weighted by Gasteiger charge is -1.97. The van der Waals surface area contributed by atoms with Crippen LogP contribution in [0.2, 0.25) is 0 Å². The van der Waals surface area contributed by atoms with Crippen molar-refractivity contribution in [2.24, 2.45) is 0 Å². The van der Waals surface area contributed by atoms with Gasteiger partial charge in [-0.25, -0.2) is 0 Å². The van der Waals surface area contributed by atoms with E-state index in [4.69, 9.17) is 0 Å². The first-order valence-corrected chi connectivity index (χ1v) is 8.87. The van der Waals surface area contributed by atoms with Gasteiger partial charge in [-0.1, -0.05) is 88.4 Å². The lowest BCUT2D eigenvalue weighted by molar-refractivity contribution is 0.688. The first-order chi connectivity index (χ1) is 10.3. The zero-order valence-electron chi connectivity index (χ0n) is 13.5. The summed E-state index contributed by atoms with van der Waals surface area (Å²) in [4.78, 5) is 0. The number of rotatable bonds is 4. The topological polar surface area (TPSA) is 17.1 Å². The minimum atomic E-state index is -0.952. The van der Waals surface area contributed by atoms with Gasteiger partial charge in [-0.05, 0) is 17.2 Å². The van der Waals surface area contributed by atoms with Crippen molar-refractivity contribution >= 4 is 16.9 Å². The van der Waals surface area contributed by atoms with Gasteiger partial charge in [-0.3, -0.25) is 4.21 Å². The maximum atomic E-state index is 11.8. The highest BCUT2D eigenvalue weighted by Crippen LogP contribution is 2.06. The lowest BCUT2D eigenvalue weighted by Crippen LogP contribution is -1.90.